The van der Waals surface area contributed by atoms with Crippen molar-refractivity contribution in [3.05, 3.63) is 89.6 Å². The Morgan fingerprint density at radius 1 is 0.912 bits per heavy atom. The summed E-state index contributed by atoms with van der Waals surface area (Å²) in [6.07, 6.45) is 2.74. The van der Waals surface area contributed by atoms with E-state index in [-0.39, 0.29) is 5.91 Å². The number of piperazine rings is 1. The molecule has 34 heavy (non-hydrogen) atoms. The van der Waals surface area contributed by atoms with E-state index < -0.39 is 0 Å². The summed E-state index contributed by atoms with van der Waals surface area (Å²) in [7, 11) is 0. The number of para-hydroxylation sites is 1. The molecule has 0 N–H and O–H groups in total. The smallest absolute Gasteiger partial charge is 0.254 e. The molecule has 6 rings (SSSR count). The predicted molar refractivity (Wildman–Crippen MR) is 132 cm³/mol. The van der Waals surface area contributed by atoms with Gasteiger partial charge in [0.2, 0.25) is 0 Å². The molecule has 0 saturated carbocycles. The number of carbonyl (C=O) groups excluding carboxylic acids is 1. The first-order valence-corrected chi connectivity index (χ1v) is 11.8. The summed E-state index contributed by atoms with van der Waals surface area (Å²) in [4.78, 5) is 27.2. The number of amides is 1. The predicted octanol–water partition coefficient (Wildman–Crippen LogP) is 4.19. The van der Waals surface area contributed by atoms with Crippen molar-refractivity contribution >= 4 is 16.8 Å². The third-order valence-corrected chi connectivity index (χ3v) is 6.69. The zero-order valence-corrected chi connectivity index (χ0v) is 19.0. The van der Waals surface area contributed by atoms with Gasteiger partial charge in [-0.25, -0.2) is 4.98 Å². The molecule has 2 aliphatic heterocycles. The molecule has 4 heterocycles. The summed E-state index contributed by atoms with van der Waals surface area (Å²) in [6, 6.07) is 22.0. The van der Waals surface area contributed by atoms with Crippen molar-refractivity contribution in [3.8, 4) is 17.1 Å². The SMILES string of the molecule is O=C(c1cc(-c2ccccn2)nc2ccccc12)N1CCN(Cc2ccc3c(c2)CCO3)CC1. The molecule has 2 aromatic carbocycles. The number of carbonyl (C=O) groups is 1. The molecule has 0 bridgehead atoms. The molecule has 2 aromatic heterocycles. The second-order valence-corrected chi connectivity index (χ2v) is 8.90. The van der Waals surface area contributed by atoms with Crippen LogP contribution in [-0.4, -0.2) is 58.5 Å². The monoisotopic (exact) mass is 450 g/mol. The topological polar surface area (TPSA) is 58.6 Å². The summed E-state index contributed by atoms with van der Waals surface area (Å²) in [6.45, 7) is 4.82. The third-order valence-electron chi connectivity index (χ3n) is 6.69. The highest BCUT2D eigenvalue weighted by Crippen LogP contribution is 2.27. The molecule has 0 atom stereocenters. The fourth-order valence-electron chi connectivity index (χ4n) is 4.87. The molecule has 1 amide bonds. The van der Waals surface area contributed by atoms with Gasteiger partial charge in [0.15, 0.2) is 0 Å². The van der Waals surface area contributed by atoms with Crippen LogP contribution in [0.4, 0.5) is 0 Å². The van der Waals surface area contributed by atoms with Crippen molar-refractivity contribution in [3.63, 3.8) is 0 Å². The number of rotatable bonds is 4. The lowest BCUT2D eigenvalue weighted by molar-refractivity contribution is 0.0630. The molecule has 4 aromatic rings. The van der Waals surface area contributed by atoms with Crippen LogP contribution in [0.2, 0.25) is 0 Å². The molecule has 170 valence electrons. The van der Waals surface area contributed by atoms with Gasteiger partial charge in [-0.15, -0.1) is 0 Å². The van der Waals surface area contributed by atoms with Crippen molar-refractivity contribution in [2.75, 3.05) is 32.8 Å². The zero-order valence-electron chi connectivity index (χ0n) is 19.0. The lowest BCUT2D eigenvalue weighted by Crippen LogP contribution is -2.48. The van der Waals surface area contributed by atoms with Gasteiger partial charge >= 0.3 is 0 Å². The maximum Gasteiger partial charge on any atom is 0.254 e. The molecule has 2 aliphatic rings. The molecular formula is C28H26N4O2. The molecule has 6 heteroatoms. The minimum Gasteiger partial charge on any atom is -0.493 e. The fraction of sp³-hybridized carbons (Fsp3) is 0.250. The fourth-order valence-corrected chi connectivity index (χ4v) is 4.87. The average Bonchev–Trinajstić information content (AvgIpc) is 3.37. The van der Waals surface area contributed by atoms with Gasteiger partial charge in [-0.2, -0.15) is 0 Å². The number of hydrogen-bond acceptors (Lipinski definition) is 5. The lowest BCUT2D eigenvalue weighted by atomic mass is 10.0. The van der Waals surface area contributed by atoms with Gasteiger partial charge in [0, 0.05) is 50.7 Å². The van der Waals surface area contributed by atoms with Crippen molar-refractivity contribution < 1.29 is 9.53 Å². The second kappa shape index (κ2) is 8.88. The number of hydrogen-bond donors (Lipinski definition) is 0. The van der Waals surface area contributed by atoms with Gasteiger partial charge in [-0.1, -0.05) is 36.4 Å². The van der Waals surface area contributed by atoms with E-state index in [1.54, 1.807) is 6.20 Å². The van der Waals surface area contributed by atoms with Crippen LogP contribution in [0.1, 0.15) is 21.5 Å². The largest absolute Gasteiger partial charge is 0.493 e. The lowest BCUT2D eigenvalue weighted by Gasteiger charge is -2.35. The van der Waals surface area contributed by atoms with Crippen LogP contribution in [0.3, 0.4) is 0 Å². The summed E-state index contributed by atoms with van der Waals surface area (Å²) in [5, 5.41) is 0.884. The van der Waals surface area contributed by atoms with Crippen LogP contribution in [0.15, 0.2) is 72.9 Å². The maximum absolute atomic E-state index is 13.6. The number of benzene rings is 2. The molecule has 0 radical (unpaired) electrons. The number of aromatic nitrogens is 2. The normalized spacial score (nSPS) is 15.8. The molecule has 0 aliphatic carbocycles. The number of fused-ring (bicyclic) bond motifs is 2. The zero-order chi connectivity index (χ0) is 22.9. The Morgan fingerprint density at radius 3 is 2.62 bits per heavy atom. The van der Waals surface area contributed by atoms with Gasteiger partial charge in [0.05, 0.1) is 29.1 Å². The Hall–Kier alpha value is -3.77. The minimum absolute atomic E-state index is 0.0603. The van der Waals surface area contributed by atoms with Crippen LogP contribution >= 0.6 is 0 Å². The van der Waals surface area contributed by atoms with Gasteiger partial charge in [-0.3, -0.25) is 14.7 Å². The van der Waals surface area contributed by atoms with Gasteiger partial charge in [-0.05, 0) is 41.5 Å². The highest BCUT2D eigenvalue weighted by molar-refractivity contribution is 6.07. The molecule has 0 unspecified atom stereocenters. The van der Waals surface area contributed by atoms with Gasteiger partial charge < -0.3 is 9.64 Å². The van der Waals surface area contributed by atoms with Crippen molar-refractivity contribution in [1.29, 1.82) is 0 Å². The van der Waals surface area contributed by atoms with Crippen LogP contribution < -0.4 is 4.74 Å². The highest BCUT2D eigenvalue weighted by Gasteiger charge is 2.25. The minimum atomic E-state index is 0.0603. The second-order valence-electron chi connectivity index (χ2n) is 8.90. The summed E-state index contributed by atoms with van der Waals surface area (Å²) in [5.74, 6) is 1.08. The van der Waals surface area contributed by atoms with E-state index in [4.69, 9.17) is 9.72 Å². The Morgan fingerprint density at radius 2 is 1.76 bits per heavy atom. The summed E-state index contributed by atoms with van der Waals surface area (Å²) >= 11 is 0. The van der Waals surface area contributed by atoms with Crippen LogP contribution in [0.25, 0.3) is 22.3 Å². The first-order valence-electron chi connectivity index (χ1n) is 11.8. The first kappa shape index (κ1) is 20.8. The summed E-state index contributed by atoms with van der Waals surface area (Å²) < 4.78 is 5.63. The highest BCUT2D eigenvalue weighted by atomic mass is 16.5. The molecular weight excluding hydrogens is 424 g/mol. The molecule has 1 saturated heterocycles. The van der Waals surface area contributed by atoms with Crippen molar-refractivity contribution in [2.24, 2.45) is 0 Å². The van der Waals surface area contributed by atoms with E-state index in [1.807, 2.05) is 53.4 Å². The van der Waals surface area contributed by atoms with Gasteiger partial charge in [0.25, 0.3) is 5.91 Å². The van der Waals surface area contributed by atoms with E-state index >= 15 is 0 Å². The van der Waals surface area contributed by atoms with Crippen molar-refractivity contribution in [1.82, 2.24) is 19.8 Å². The Bertz CT molecular complexity index is 1350. The van der Waals surface area contributed by atoms with E-state index in [1.165, 1.54) is 11.1 Å². The van der Waals surface area contributed by atoms with Gasteiger partial charge in [0.1, 0.15) is 5.75 Å². The van der Waals surface area contributed by atoms with E-state index in [0.717, 1.165) is 60.7 Å². The first-order chi connectivity index (χ1) is 16.7. The number of nitrogens with zero attached hydrogens (tertiary/aromatic N) is 4. The maximum atomic E-state index is 13.6. The van der Waals surface area contributed by atoms with E-state index in [9.17, 15) is 4.79 Å². The molecule has 0 spiro atoms. The number of ether oxygens (including phenoxy) is 1. The summed E-state index contributed by atoms with van der Waals surface area (Å²) in [5.41, 5.74) is 5.61. The number of pyridine rings is 2. The van der Waals surface area contributed by atoms with E-state index in [2.05, 4.69) is 28.1 Å². The van der Waals surface area contributed by atoms with Crippen LogP contribution in [0, 0.1) is 0 Å². The Labute approximate surface area is 198 Å². The quantitative estimate of drug-likeness (QED) is 0.467. The van der Waals surface area contributed by atoms with Crippen LogP contribution in [-0.2, 0) is 13.0 Å². The Kier molecular flexibility index (Phi) is 5.43. The third kappa shape index (κ3) is 4.01. The average molecular weight is 451 g/mol. The molecule has 1 fully saturated rings. The Balaban J connectivity index is 1.20. The molecule has 6 nitrogen and oxygen atoms in total. The standard InChI is InChI=1S/C28H26N4O2/c33-28(23-18-26(25-7-3-4-11-29-25)30-24-6-2-1-5-22(23)24)32-14-12-31(13-15-32)19-20-8-9-27-21(17-20)10-16-34-27/h1-9,11,17-18H,10,12-16,19H2. The van der Waals surface area contributed by atoms with Crippen molar-refractivity contribution in [2.45, 2.75) is 13.0 Å². The van der Waals surface area contributed by atoms with Crippen LogP contribution in [0.5, 0.6) is 5.75 Å². The van der Waals surface area contributed by atoms with E-state index in [0.29, 0.717) is 18.7 Å².